The number of rotatable bonds is 6. The Morgan fingerprint density at radius 1 is 1.00 bits per heavy atom. The van der Waals surface area contributed by atoms with E-state index >= 15 is 0 Å². The second-order valence-corrected chi connectivity index (χ2v) is 9.19. The minimum Gasteiger partial charge on any atom is -0.541 e. The molecule has 0 aliphatic carbocycles. The first-order valence-corrected chi connectivity index (χ1v) is 8.97. The molecule has 17 heavy (non-hydrogen) atoms. The zero-order valence-corrected chi connectivity index (χ0v) is 12.7. The molecule has 0 heterocycles. The molecule has 1 aromatic carbocycles. The van der Waals surface area contributed by atoms with Gasteiger partial charge in [0.25, 0.3) is 8.32 Å². The molecule has 0 saturated heterocycles. The SMILES string of the molecule is CC[Si](CC)(CC)Oc1ccc(C)cc1OC. The van der Waals surface area contributed by atoms with Gasteiger partial charge in [0.1, 0.15) is 5.75 Å². The summed E-state index contributed by atoms with van der Waals surface area (Å²) in [7, 11) is 0.0998. The molecule has 0 fully saturated rings. The summed E-state index contributed by atoms with van der Waals surface area (Å²) in [4.78, 5) is 0. The van der Waals surface area contributed by atoms with Crippen LogP contribution in [0.5, 0.6) is 11.5 Å². The van der Waals surface area contributed by atoms with Crippen LogP contribution in [0.1, 0.15) is 26.3 Å². The third-order valence-corrected chi connectivity index (χ3v) is 8.10. The zero-order valence-electron chi connectivity index (χ0n) is 11.7. The highest BCUT2D eigenvalue weighted by Gasteiger charge is 2.31. The Morgan fingerprint density at radius 3 is 2.06 bits per heavy atom. The fraction of sp³-hybridized carbons (Fsp3) is 0.571. The average Bonchev–Trinajstić information content (AvgIpc) is 2.37. The fourth-order valence-corrected chi connectivity index (χ4v) is 4.63. The molecular formula is C14H24O2Si. The number of benzene rings is 1. The van der Waals surface area contributed by atoms with E-state index in [1.54, 1.807) is 7.11 Å². The summed E-state index contributed by atoms with van der Waals surface area (Å²) in [5, 5.41) is 0. The van der Waals surface area contributed by atoms with Crippen molar-refractivity contribution in [2.75, 3.05) is 7.11 Å². The fourth-order valence-electron chi connectivity index (χ4n) is 2.06. The summed E-state index contributed by atoms with van der Waals surface area (Å²) in [6.45, 7) is 8.77. The largest absolute Gasteiger partial charge is 0.541 e. The second kappa shape index (κ2) is 6.10. The highest BCUT2D eigenvalue weighted by atomic mass is 28.4. The van der Waals surface area contributed by atoms with Gasteiger partial charge < -0.3 is 9.16 Å². The van der Waals surface area contributed by atoms with E-state index in [1.165, 1.54) is 5.56 Å². The Labute approximate surface area is 106 Å². The van der Waals surface area contributed by atoms with E-state index in [2.05, 4.69) is 33.8 Å². The number of aryl methyl sites for hydroxylation is 1. The first-order chi connectivity index (χ1) is 8.10. The van der Waals surface area contributed by atoms with E-state index in [4.69, 9.17) is 9.16 Å². The van der Waals surface area contributed by atoms with Crippen molar-refractivity contribution in [2.45, 2.75) is 45.8 Å². The Bertz CT molecular complexity index is 351. The van der Waals surface area contributed by atoms with E-state index in [0.29, 0.717) is 0 Å². The van der Waals surface area contributed by atoms with Gasteiger partial charge >= 0.3 is 0 Å². The van der Waals surface area contributed by atoms with Gasteiger partial charge in [0.2, 0.25) is 0 Å². The van der Waals surface area contributed by atoms with Crippen molar-refractivity contribution >= 4 is 8.32 Å². The van der Waals surface area contributed by atoms with Gasteiger partial charge in [0.15, 0.2) is 5.75 Å². The Hall–Kier alpha value is -0.963. The molecule has 0 aromatic heterocycles. The lowest BCUT2D eigenvalue weighted by Gasteiger charge is -2.29. The standard InChI is InChI=1S/C14H24O2Si/c1-6-17(7-2,8-3)16-13-10-9-12(4)11-14(13)15-5/h9-11H,6-8H2,1-5H3. The van der Waals surface area contributed by atoms with Crippen LogP contribution in [-0.2, 0) is 0 Å². The second-order valence-electron chi connectivity index (χ2n) is 4.50. The summed E-state index contributed by atoms with van der Waals surface area (Å²) < 4.78 is 11.7. The van der Waals surface area contributed by atoms with Crippen molar-refractivity contribution in [2.24, 2.45) is 0 Å². The molecule has 0 unspecified atom stereocenters. The lowest BCUT2D eigenvalue weighted by molar-refractivity contribution is 0.389. The summed E-state index contributed by atoms with van der Waals surface area (Å²) in [5.74, 6) is 1.77. The van der Waals surface area contributed by atoms with Gasteiger partial charge in [-0.05, 0) is 42.8 Å². The lowest BCUT2D eigenvalue weighted by atomic mass is 10.2. The third-order valence-electron chi connectivity index (χ3n) is 3.58. The molecule has 2 nitrogen and oxygen atoms in total. The van der Waals surface area contributed by atoms with Crippen LogP contribution in [0.25, 0.3) is 0 Å². The van der Waals surface area contributed by atoms with Gasteiger partial charge in [-0.15, -0.1) is 0 Å². The molecule has 0 atom stereocenters. The quantitative estimate of drug-likeness (QED) is 0.699. The van der Waals surface area contributed by atoms with E-state index in [9.17, 15) is 0 Å². The Balaban J connectivity index is 3.00. The van der Waals surface area contributed by atoms with Gasteiger partial charge in [-0.25, -0.2) is 0 Å². The van der Waals surface area contributed by atoms with Crippen LogP contribution in [-0.4, -0.2) is 15.4 Å². The van der Waals surface area contributed by atoms with Crippen molar-refractivity contribution < 1.29 is 9.16 Å². The third kappa shape index (κ3) is 3.25. The molecule has 3 heteroatoms. The predicted octanol–water partition coefficient (Wildman–Crippen LogP) is 4.39. The van der Waals surface area contributed by atoms with Crippen molar-refractivity contribution in [1.29, 1.82) is 0 Å². The normalized spacial score (nSPS) is 11.4. The van der Waals surface area contributed by atoms with Crippen LogP contribution in [0.15, 0.2) is 18.2 Å². The highest BCUT2D eigenvalue weighted by molar-refractivity contribution is 6.74. The van der Waals surface area contributed by atoms with Crippen LogP contribution in [0, 0.1) is 6.92 Å². The van der Waals surface area contributed by atoms with Crippen LogP contribution in [0.3, 0.4) is 0 Å². The smallest absolute Gasteiger partial charge is 0.250 e. The van der Waals surface area contributed by atoms with Gasteiger partial charge in [0, 0.05) is 0 Å². The molecule has 96 valence electrons. The maximum absolute atomic E-state index is 6.34. The van der Waals surface area contributed by atoms with Gasteiger partial charge in [0.05, 0.1) is 7.11 Å². The Kier molecular flexibility index (Phi) is 5.06. The molecule has 0 spiro atoms. The van der Waals surface area contributed by atoms with Crippen LogP contribution in [0.2, 0.25) is 18.1 Å². The van der Waals surface area contributed by atoms with Crippen LogP contribution < -0.4 is 9.16 Å². The maximum atomic E-state index is 6.34. The predicted molar refractivity (Wildman–Crippen MR) is 75.6 cm³/mol. The van der Waals surface area contributed by atoms with E-state index in [1.807, 2.05) is 12.1 Å². The molecule has 0 aliphatic heterocycles. The number of hydrogen-bond donors (Lipinski definition) is 0. The molecule has 0 radical (unpaired) electrons. The van der Waals surface area contributed by atoms with Crippen molar-refractivity contribution in [3.05, 3.63) is 23.8 Å². The van der Waals surface area contributed by atoms with E-state index in [-0.39, 0.29) is 0 Å². The number of ether oxygens (including phenoxy) is 1. The van der Waals surface area contributed by atoms with Crippen LogP contribution >= 0.6 is 0 Å². The molecule has 0 aliphatic rings. The molecular weight excluding hydrogens is 228 g/mol. The molecule has 0 bridgehead atoms. The number of hydrogen-bond acceptors (Lipinski definition) is 2. The first kappa shape index (κ1) is 14.1. The molecule has 0 amide bonds. The van der Waals surface area contributed by atoms with Crippen LogP contribution in [0.4, 0.5) is 0 Å². The number of methoxy groups -OCH3 is 1. The minimum absolute atomic E-state index is 0.859. The van der Waals surface area contributed by atoms with Gasteiger partial charge in [-0.3, -0.25) is 0 Å². The maximum Gasteiger partial charge on any atom is 0.250 e. The zero-order chi connectivity index (χ0) is 12.9. The van der Waals surface area contributed by atoms with Crippen molar-refractivity contribution in [3.63, 3.8) is 0 Å². The van der Waals surface area contributed by atoms with Gasteiger partial charge in [-0.2, -0.15) is 0 Å². The van der Waals surface area contributed by atoms with Crippen molar-refractivity contribution in [3.8, 4) is 11.5 Å². The summed E-state index contributed by atoms with van der Waals surface area (Å²) in [5.41, 5.74) is 1.20. The summed E-state index contributed by atoms with van der Waals surface area (Å²) in [6, 6.07) is 9.61. The first-order valence-electron chi connectivity index (χ1n) is 6.44. The highest BCUT2D eigenvalue weighted by Crippen LogP contribution is 2.33. The van der Waals surface area contributed by atoms with E-state index in [0.717, 1.165) is 29.6 Å². The average molecular weight is 252 g/mol. The Morgan fingerprint density at radius 2 is 1.59 bits per heavy atom. The lowest BCUT2D eigenvalue weighted by Crippen LogP contribution is -2.39. The molecule has 1 aromatic rings. The molecule has 0 saturated carbocycles. The minimum atomic E-state index is -1.60. The monoisotopic (exact) mass is 252 g/mol. The molecule has 0 N–H and O–H groups in total. The molecule has 1 rings (SSSR count). The van der Waals surface area contributed by atoms with Gasteiger partial charge in [-0.1, -0.05) is 26.8 Å². The topological polar surface area (TPSA) is 18.5 Å². The summed E-state index contributed by atoms with van der Waals surface area (Å²) >= 11 is 0. The van der Waals surface area contributed by atoms with Crippen molar-refractivity contribution in [1.82, 2.24) is 0 Å². The van der Waals surface area contributed by atoms with E-state index < -0.39 is 8.32 Å². The summed E-state index contributed by atoms with van der Waals surface area (Å²) in [6.07, 6.45) is 0.